The first-order valence-corrected chi connectivity index (χ1v) is 7.67. The minimum atomic E-state index is 0.491. The van der Waals surface area contributed by atoms with Gasteiger partial charge in [-0.1, -0.05) is 38.5 Å². The van der Waals surface area contributed by atoms with E-state index in [1.165, 1.54) is 5.56 Å². The number of anilines is 1. The molecule has 0 heterocycles. The number of hydrogen-bond acceptors (Lipinski definition) is 2. The van der Waals surface area contributed by atoms with Crippen molar-refractivity contribution in [1.29, 1.82) is 0 Å². The van der Waals surface area contributed by atoms with Gasteiger partial charge >= 0.3 is 0 Å². The Balaban J connectivity index is 2.35. The molecule has 0 aliphatic rings. The lowest BCUT2D eigenvalue weighted by Gasteiger charge is -2.15. The molecule has 0 spiro atoms. The zero-order valence-electron chi connectivity index (χ0n) is 12.0. The summed E-state index contributed by atoms with van der Waals surface area (Å²) in [6.45, 7) is 5.12. The highest BCUT2D eigenvalue weighted by Gasteiger charge is 2.02. The molecular weight excluding hydrogens is 288 g/mol. The molecule has 0 saturated carbocycles. The fourth-order valence-corrected chi connectivity index (χ4v) is 1.95. The predicted octanol–water partition coefficient (Wildman–Crippen LogP) is 2.71. The highest BCUT2D eigenvalue weighted by atomic mass is 32.1. The van der Waals surface area contributed by atoms with Gasteiger partial charge in [-0.2, -0.15) is 0 Å². The Bertz CT molecular complexity index is 449. The van der Waals surface area contributed by atoms with E-state index in [0.29, 0.717) is 10.2 Å². The summed E-state index contributed by atoms with van der Waals surface area (Å²) in [7, 11) is 0. The number of aryl methyl sites for hydroxylation is 1. The number of hydrogen-bond donors (Lipinski definition) is 4. The second-order valence-electron chi connectivity index (χ2n) is 4.32. The molecule has 6 heteroatoms. The van der Waals surface area contributed by atoms with Crippen LogP contribution < -0.4 is 21.5 Å². The van der Waals surface area contributed by atoms with Crippen LogP contribution in [0.5, 0.6) is 0 Å². The maximum atomic E-state index is 5.23. The third-order valence-electron chi connectivity index (χ3n) is 2.75. The summed E-state index contributed by atoms with van der Waals surface area (Å²) >= 11 is 10.4. The Morgan fingerprint density at radius 3 is 2.45 bits per heavy atom. The monoisotopic (exact) mass is 310 g/mol. The summed E-state index contributed by atoms with van der Waals surface area (Å²) in [6.07, 6.45) is 3.18. The highest BCUT2D eigenvalue weighted by Crippen LogP contribution is 2.14. The van der Waals surface area contributed by atoms with E-state index < -0.39 is 0 Å². The van der Waals surface area contributed by atoms with Crippen LogP contribution in [0, 0.1) is 0 Å². The van der Waals surface area contributed by atoms with Crippen LogP contribution in [-0.2, 0) is 6.42 Å². The largest absolute Gasteiger partial charge is 0.361 e. The van der Waals surface area contributed by atoms with Crippen LogP contribution in [-0.4, -0.2) is 16.8 Å². The Kier molecular flexibility index (Phi) is 7.91. The van der Waals surface area contributed by atoms with Gasteiger partial charge in [-0.15, -0.1) is 0 Å². The van der Waals surface area contributed by atoms with Crippen molar-refractivity contribution in [2.45, 2.75) is 33.1 Å². The van der Waals surface area contributed by atoms with Crippen LogP contribution in [0.1, 0.15) is 32.3 Å². The normalized spacial score (nSPS) is 9.70. The molecule has 1 aromatic rings. The molecule has 20 heavy (non-hydrogen) atoms. The van der Waals surface area contributed by atoms with E-state index in [1.54, 1.807) is 0 Å². The van der Waals surface area contributed by atoms with Crippen LogP contribution in [0.25, 0.3) is 0 Å². The molecule has 0 radical (unpaired) electrons. The predicted molar refractivity (Wildman–Crippen MR) is 93.8 cm³/mol. The molecule has 110 valence electrons. The maximum absolute atomic E-state index is 5.23. The van der Waals surface area contributed by atoms with Gasteiger partial charge in [0.05, 0.1) is 0 Å². The minimum Gasteiger partial charge on any atom is -0.361 e. The Labute approximate surface area is 131 Å². The number of thiocarbonyl (C=S) groups is 2. The molecule has 0 atom stereocenters. The fraction of sp³-hybridized carbons (Fsp3) is 0.429. The molecule has 0 aromatic heterocycles. The van der Waals surface area contributed by atoms with Gasteiger partial charge in [-0.3, -0.25) is 10.9 Å². The number of para-hydroxylation sites is 1. The number of hydrazine groups is 1. The smallest absolute Gasteiger partial charge is 0.189 e. The standard InChI is InChI=1S/C14H22N4S2/c1-3-5-10-15-13(19)17-18-14(20)16-12-9-7-6-8-11(12)4-2/h6-9H,3-5,10H2,1-2H3,(H2,15,17,19)(H2,16,18,20). The summed E-state index contributed by atoms with van der Waals surface area (Å²) in [6, 6.07) is 8.08. The molecule has 4 N–H and O–H groups in total. The molecule has 0 aliphatic heterocycles. The average molecular weight is 310 g/mol. The van der Waals surface area contributed by atoms with Crippen molar-refractivity contribution in [3.05, 3.63) is 29.8 Å². The number of nitrogens with one attached hydrogen (secondary N) is 4. The van der Waals surface area contributed by atoms with E-state index in [1.807, 2.05) is 18.2 Å². The van der Waals surface area contributed by atoms with Crippen LogP contribution >= 0.6 is 24.4 Å². The maximum Gasteiger partial charge on any atom is 0.189 e. The van der Waals surface area contributed by atoms with Crippen LogP contribution in [0.15, 0.2) is 24.3 Å². The van der Waals surface area contributed by atoms with Crippen LogP contribution in [0.3, 0.4) is 0 Å². The lowest BCUT2D eigenvalue weighted by atomic mass is 10.1. The summed E-state index contributed by atoms with van der Waals surface area (Å²) in [5.74, 6) is 0. The van der Waals surface area contributed by atoms with Gasteiger partial charge in [0, 0.05) is 12.2 Å². The summed E-state index contributed by atoms with van der Waals surface area (Å²) in [4.78, 5) is 0. The lowest BCUT2D eigenvalue weighted by Crippen LogP contribution is -2.48. The molecule has 0 fully saturated rings. The second-order valence-corrected chi connectivity index (χ2v) is 5.14. The van der Waals surface area contributed by atoms with Crippen molar-refractivity contribution < 1.29 is 0 Å². The van der Waals surface area contributed by atoms with Crippen molar-refractivity contribution >= 4 is 40.3 Å². The Morgan fingerprint density at radius 1 is 1.05 bits per heavy atom. The molecular formula is C14H22N4S2. The van der Waals surface area contributed by atoms with Crippen molar-refractivity contribution in [3.63, 3.8) is 0 Å². The van der Waals surface area contributed by atoms with E-state index in [2.05, 4.69) is 41.4 Å². The first kappa shape index (κ1) is 16.7. The lowest BCUT2D eigenvalue weighted by molar-refractivity contribution is 0.732. The molecule has 1 rings (SSSR count). The van der Waals surface area contributed by atoms with Gasteiger partial charge in [-0.25, -0.2) is 0 Å². The molecule has 4 nitrogen and oxygen atoms in total. The second kappa shape index (κ2) is 9.50. The topological polar surface area (TPSA) is 48.1 Å². The quantitative estimate of drug-likeness (QED) is 0.381. The first-order valence-electron chi connectivity index (χ1n) is 6.86. The SMILES string of the molecule is CCCCNC(=S)NNC(=S)Nc1ccccc1CC. The van der Waals surface area contributed by atoms with Gasteiger partial charge in [-0.05, 0) is 48.9 Å². The Morgan fingerprint density at radius 2 is 1.75 bits per heavy atom. The summed E-state index contributed by atoms with van der Waals surface area (Å²) < 4.78 is 0. The summed E-state index contributed by atoms with van der Waals surface area (Å²) in [5.41, 5.74) is 7.98. The molecule has 0 amide bonds. The number of benzene rings is 1. The van der Waals surface area contributed by atoms with Gasteiger partial charge in [0.25, 0.3) is 0 Å². The van der Waals surface area contributed by atoms with Crippen LogP contribution in [0.2, 0.25) is 0 Å². The first-order chi connectivity index (χ1) is 9.67. The fourth-order valence-electron chi connectivity index (χ4n) is 1.64. The van der Waals surface area contributed by atoms with Crippen molar-refractivity contribution in [2.75, 3.05) is 11.9 Å². The number of rotatable bonds is 5. The molecule has 0 bridgehead atoms. The van der Waals surface area contributed by atoms with E-state index >= 15 is 0 Å². The number of unbranched alkanes of at least 4 members (excludes halogenated alkanes) is 1. The molecule has 0 unspecified atom stereocenters. The van der Waals surface area contributed by atoms with Crippen LogP contribution in [0.4, 0.5) is 5.69 Å². The van der Waals surface area contributed by atoms with Gasteiger partial charge in [0.2, 0.25) is 0 Å². The third-order valence-corrected chi connectivity index (χ3v) is 3.20. The van der Waals surface area contributed by atoms with Gasteiger partial charge in [0.1, 0.15) is 0 Å². The highest BCUT2D eigenvalue weighted by molar-refractivity contribution is 7.80. The molecule has 0 aliphatic carbocycles. The third kappa shape index (κ3) is 6.16. The van der Waals surface area contributed by atoms with E-state index in [0.717, 1.165) is 31.5 Å². The van der Waals surface area contributed by atoms with Gasteiger partial charge in [0.15, 0.2) is 10.2 Å². The molecule has 0 saturated heterocycles. The average Bonchev–Trinajstić information content (AvgIpc) is 2.46. The van der Waals surface area contributed by atoms with E-state index in [-0.39, 0.29) is 0 Å². The van der Waals surface area contributed by atoms with Crippen molar-refractivity contribution in [3.8, 4) is 0 Å². The zero-order chi connectivity index (χ0) is 14.8. The van der Waals surface area contributed by atoms with Crippen molar-refractivity contribution in [1.82, 2.24) is 16.2 Å². The summed E-state index contributed by atoms with van der Waals surface area (Å²) in [5, 5.41) is 7.29. The van der Waals surface area contributed by atoms with E-state index in [4.69, 9.17) is 24.4 Å². The van der Waals surface area contributed by atoms with Gasteiger partial charge < -0.3 is 10.6 Å². The van der Waals surface area contributed by atoms with Crippen molar-refractivity contribution in [2.24, 2.45) is 0 Å². The van der Waals surface area contributed by atoms with E-state index in [9.17, 15) is 0 Å². The molecule has 1 aromatic carbocycles. The zero-order valence-corrected chi connectivity index (χ0v) is 13.6. The Hall–Kier alpha value is -1.40. The minimum absolute atomic E-state index is 0.491.